The average Bonchev–Trinajstić information content (AvgIpc) is 3.09. The summed E-state index contributed by atoms with van der Waals surface area (Å²) in [5.74, 6) is -0.0506. The quantitative estimate of drug-likeness (QED) is 0.805. The highest BCUT2D eigenvalue weighted by Gasteiger charge is 2.32. The molecule has 1 unspecified atom stereocenters. The molecular formula is C17H20FNO3. The van der Waals surface area contributed by atoms with Crippen molar-refractivity contribution in [3.8, 4) is 0 Å². The molecule has 5 heteroatoms. The molecule has 2 aliphatic heterocycles. The van der Waals surface area contributed by atoms with Crippen molar-refractivity contribution in [2.24, 2.45) is 5.92 Å². The van der Waals surface area contributed by atoms with E-state index in [0.29, 0.717) is 19.8 Å². The van der Waals surface area contributed by atoms with Gasteiger partial charge in [0.25, 0.3) is 0 Å². The largest absolute Gasteiger partial charge is 0.350 e. The summed E-state index contributed by atoms with van der Waals surface area (Å²) in [6, 6.07) is 6.07. The molecule has 2 fully saturated rings. The van der Waals surface area contributed by atoms with Crippen molar-refractivity contribution in [3.63, 3.8) is 0 Å². The molecule has 2 aliphatic rings. The minimum absolute atomic E-state index is 0.0213. The Hall–Kier alpha value is -1.72. The second-order valence-corrected chi connectivity index (χ2v) is 5.68. The lowest BCUT2D eigenvalue weighted by atomic mass is 9.97. The van der Waals surface area contributed by atoms with E-state index in [4.69, 9.17) is 9.47 Å². The number of hydrogen-bond donors (Lipinski definition) is 0. The highest BCUT2D eigenvalue weighted by atomic mass is 19.1. The Morgan fingerprint density at radius 2 is 1.95 bits per heavy atom. The van der Waals surface area contributed by atoms with Crippen LogP contribution in [-0.4, -0.2) is 43.4 Å². The van der Waals surface area contributed by atoms with Crippen LogP contribution in [0.2, 0.25) is 0 Å². The van der Waals surface area contributed by atoms with Crippen LogP contribution < -0.4 is 0 Å². The lowest BCUT2D eigenvalue weighted by Gasteiger charge is -2.34. The first-order valence-corrected chi connectivity index (χ1v) is 7.68. The molecule has 1 amide bonds. The third-order valence-corrected chi connectivity index (χ3v) is 4.09. The van der Waals surface area contributed by atoms with Gasteiger partial charge in [0, 0.05) is 25.1 Å². The number of ether oxygens (including phenoxy) is 2. The fraction of sp³-hybridized carbons (Fsp3) is 0.471. The highest BCUT2D eigenvalue weighted by molar-refractivity contribution is 5.91. The number of nitrogens with zero attached hydrogens (tertiary/aromatic N) is 1. The van der Waals surface area contributed by atoms with Gasteiger partial charge in [0.2, 0.25) is 5.91 Å². The van der Waals surface area contributed by atoms with Gasteiger partial charge in [-0.2, -0.15) is 0 Å². The van der Waals surface area contributed by atoms with Crippen LogP contribution in [0.3, 0.4) is 0 Å². The van der Waals surface area contributed by atoms with Gasteiger partial charge >= 0.3 is 0 Å². The predicted octanol–water partition coefficient (Wildman–Crippen LogP) is 2.45. The van der Waals surface area contributed by atoms with Gasteiger partial charge in [-0.25, -0.2) is 4.39 Å². The van der Waals surface area contributed by atoms with Gasteiger partial charge in [-0.1, -0.05) is 12.1 Å². The van der Waals surface area contributed by atoms with Crippen molar-refractivity contribution in [2.75, 3.05) is 26.3 Å². The number of hydrogen-bond acceptors (Lipinski definition) is 3. The van der Waals surface area contributed by atoms with E-state index in [0.717, 1.165) is 24.9 Å². The lowest BCUT2D eigenvalue weighted by Crippen LogP contribution is -2.43. The smallest absolute Gasteiger partial charge is 0.246 e. The first kappa shape index (κ1) is 15.2. The van der Waals surface area contributed by atoms with Crippen LogP contribution in [0.4, 0.5) is 4.39 Å². The van der Waals surface area contributed by atoms with Crippen molar-refractivity contribution in [1.29, 1.82) is 0 Å². The lowest BCUT2D eigenvalue weighted by molar-refractivity contribution is -0.134. The second-order valence-electron chi connectivity index (χ2n) is 5.68. The molecule has 4 nitrogen and oxygen atoms in total. The summed E-state index contributed by atoms with van der Waals surface area (Å²) in [6.07, 6.45) is 5.08. The van der Waals surface area contributed by atoms with Gasteiger partial charge in [-0.3, -0.25) is 4.79 Å². The third-order valence-electron chi connectivity index (χ3n) is 4.09. The number of halogens is 1. The minimum Gasteiger partial charge on any atom is -0.350 e. The maximum Gasteiger partial charge on any atom is 0.246 e. The zero-order valence-corrected chi connectivity index (χ0v) is 12.4. The van der Waals surface area contributed by atoms with Crippen molar-refractivity contribution in [2.45, 2.75) is 19.1 Å². The van der Waals surface area contributed by atoms with Crippen LogP contribution in [0.1, 0.15) is 18.4 Å². The summed E-state index contributed by atoms with van der Waals surface area (Å²) >= 11 is 0. The molecule has 2 heterocycles. The highest BCUT2D eigenvalue weighted by Crippen LogP contribution is 2.25. The summed E-state index contributed by atoms with van der Waals surface area (Å²) in [7, 11) is 0. The molecule has 0 saturated carbocycles. The molecule has 0 radical (unpaired) electrons. The van der Waals surface area contributed by atoms with E-state index in [1.165, 1.54) is 12.1 Å². The Kier molecular flexibility index (Phi) is 4.85. The van der Waals surface area contributed by atoms with Crippen LogP contribution in [0.25, 0.3) is 6.08 Å². The van der Waals surface area contributed by atoms with Crippen LogP contribution in [-0.2, 0) is 14.3 Å². The maximum absolute atomic E-state index is 12.8. The molecule has 1 aromatic rings. The van der Waals surface area contributed by atoms with E-state index in [2.05, 4.69) is 0 Å². The van der Waals surface area contributed by atoms with Crippen LogP contribution in [0.5, 0.6) is 0 Å². The number of amides is 1. The topological polar surface area (TPSA) is 38.8 Å². The Morgan fingerprint density at radius 1 is 1.23 bits per heavy atom. The summed E-state index contributed by atoms with van der Waals surface area (Å²) < 4.78 is 23.9. The molecule has 1 atom stereocenters. The third kappa shape index (κ3) is 3.72. The first-order valence-electron chi connectivity index (χ1n) is 7.68. The zero-order valence-electron chi connectivity index (χ0n) is 12.4. The van der Waals surface area contributed by atoms with E-state index >= 15 is 0 Å². The van der Waals surface area contributed by atoms with Crippen molar-refractivity contribution >= 4 is 12.0 Å². The number of carbonyl (C=O) groups excluding carboxylic acids is 1. The minimum atomic E-state index is -0.279. The van der Waals surface area contributed by atoms with Crippen molar-refractivity contribution in [3.05, 3.63) is 41.7 Å². The first-order chi connectivity index (χ1) is 10.7. The average molecular weight is 305 g/mol. The molecule has 1 aromatic carbocycles. The van der Waals surface area contributed by atoms with Crippen LogP contribution >= 0.6 is 0 Å². The monoisotopic (exact) mass is 305 g/mol. The van der Waals surface area contributed by atoms with Gasteiger partial charge in [0.05, 0.1) is 13.2 Å². The Bertz CT molecular complexity index is 537. The van der Waals surface area contributed by atoms with Crippen LogP contribution in [0, 0.1) is 11.7 Å². The maximum atomic E-state index is 12.8. The molecule has 2 saturated heterocycles. The molecule has 22 heavy (non-hydrogen) atoms. The number of benzene rings is 1. The van der Waals surface area contributed by atoms with E-state index in [-0.39, 0.29) is 23.9 Å². The molecule has 0 aliphatic carbocycles. The number of rotatable bonds is 3. The van der Waals surface area contributed by atoms with Crippen molar-refractivity contribution < 1.29 is 18.7 Å². The molecule has 0 N–H and O–H groups in total. The Balaban J connectivity index is 1.58. The standard InChI is InChI=1S/C17H20FNO3/c18-15-6-3-13(4-7-15)5-8-16(20)19-9-1-2-14(12-19)17-21-10-11-22-17/h3-8,14,17H,1-2,9-12H2/b8-5+. The van der Waals surface area contributed by atoms with E-state index in [9.17, 15) is 9.18 Å². The summed E-state index contributed by atoms with van der Waals surface area (Å²) in [6.45, 7) is 2.70. The fourth-order valence-electron chi connectivity index (χ4n) is 2.93. The fourth-order valence-corrected chi connectivity index (χ4v) is 2.93. The van der Waals surface area contributed by atoms with Gasteiger partial charge < -0.3 is 14.4 Å². The summed E-state index contributed by atoms with van der Waals surface area (Å²) in [5, 5.41) is 0. The van der Waals surface area contributed by atoms with Gasteiger partial charge in [-0.05, 0) is 36.6 Å². The van der Waals surface area contributed by atoms with E-state index in [1.807, 2.05) is 4.90 Å². The number of likely N-dealkylation sites (tertiary alicyclic amines) is 1. The summed E-state index contributed by atoms with van der Waals surface area (Å²) in [4.78, 5) is 14.1. The Labute approximate surface area is 129 Å². The molecule has 118 valence electrons. The van der Waals surface area contributed by atoms with Gasteiger partial charge in [0.1, 0.15) is 5.82 Å². The van der Waals surface area contributed by atoms with Crippen LogP contribution in [0.15, 0.2) is 30.3 Å². The molecule has 0 bridgehead atoms. The van der Waals surface area contributed by atoms with Gasteiger partial charge in [-0.15, -0.1) is 0 Å². The van der Waals surface area contributed by atoms with Gasteiger partial charge in [0.15, 0.2) is 6.29 Å². The summed E-state index contributed by atoms with van der Waals surface area (Å²) in [5.41, 5.74) is 0.811. The van der Waals surface area contributed by atoms with E-state index in [1.54, 1.807) is 24.3 Å². The normalized spacial score (nSPS) is 23.3. The number of piperidine rings is 1. The molecule has 0 spiro atoms. The molecular weight excluding hydrogens is 285 g/mol. The SMILES string of the molecule is O=C(/C=C/c1ccc(F)cc1)N1CCCC(C2OCCO2)C1. The van der Waals surface area contributed by atoms with Crippen molar-refractivity contribution in [1.82, 2.24) is 4.90 Å². The Morgan fingerprint density at radius 3 is 2.68 bits per heavy atom. The van der Waals surface area contributed by atoms with E-state index < -0.39 is 0 Å². The number of carbonyl (C=O) groups is 1. The predicted molar refractivity (Wildman–Crippen MR) is 80.4 cm³/mol. The molecule has 0 aromatic heterocycles. The second kappa shape index (κ2) is 7.03. The zero-order chi connectivity index (χ0) is 15.4. The molecule has 3 rings (SSSR count).